The van der Waals surface area contributed by atoms with E-state index in [4.69, 9.17) is 11.2 Å². The van der Waals surface area contributed by atoms with Crippen LogP contribution in [0.15, 0.2) is 58.3 Å². The van der Waals surface area contributed by atoms with Crippen molar-refractivity contribution in [1.29, 1.82) is 0 Å². The van der Waals surface area contributed by atoms with E-state index in [1.165, 1.54) is 48.5 Å². The first-order valence-corrected chi connectivity index (χ1v) is 12.6. The van der Waals surface area contributed by atoms with Crippen LogP contribution in [0.5, 0.6) is 5.75 Å². The predicted molar refractivity (Wildman–Crippen MR) is 126 cm³/mol. The molecule has 0 amide bonds. The van der Waals surface area contributed by atoms with Crippen molar-refractivity contribution in [3.63, 3.8) is 0 Å². The summed E-state index contributed by atoms with van der Waals surface area (Å²) in [4.78, 5) is 11.2. The Morgan fingerprint density at radius 2 is 1.38 bits per heavy atom. The van der Waals surface area contributed by atoms with E-state index in [0.29, 0.717) is 17.4 Å². The standard InChI is InChI=1S/C24H20O8S2/c1-4-9-32-22-13-17(18-10-15(2)5-7-23(18)33(26,27)28)12-19(21(22)14-25)20-11-16(3)6-8-24(20)34(29,30)31/h1,5-8,10-14H,9H2,2-3H3,(H,26,27,28)(H,29,30,31). The average molecular weight is 501 g/mol. The average Bonchev–Trinajstić information content (AvgIpc) is 2.75. The molecule has 0 heterocycles. The lowest BCUT2D eigenvalue weighted by molar-refractivity contribution is 0.112. The number of aldehydes is 1. The molecule has 3 aromatic carbocycles. The van der Waals surface area contributed by atoms with Gasteiger partial charge in [-0.15, -0.1) is 6.42 Å². The molecule has 0 saturated carbocycles. The molecule has 8 nitrogen and oxygen atoms in total. The molecule has 0 aliphatic carbocycles. The summed E-state index contributed by atoms with van der Waals surface area (Å²) in [5.74, 6) is 2.23. The molecule has 2 N–H and O–H groups in total. The first-order chi connectivity index (χ1) is 15.9. The Kier molecular flexibility index (Phi) is 6.95. The number of ether oxygens (including phenoxy) is 1. The maximum absolute atomic E-state index is 12.1. The van der Waals surface area contributed by atoms with Crippen LogP contribution in [-0.4, -0.2) is 38.8 Å². The molecule has 0 aliphatic heterocycles. The van der Waals surface area contributed by atoms with Gasteiger partial charge in [-0.05, 0) is 49.2 Å². The Bertz CT molecular complexity index is 1550. The van der Waals surface area contributed by atoms with Crippen LogP contribution in [0, 0.1) is 26.2 Å². The summed E-state index contributed by atoms with van der Waals surface area (Å²) in [5, 5.41) is 0. The number of terminal acetylenes is 1. The molecule has 34 heavy (non-hydrogen) atoms. The second-order valence-electron chi connectivity index (χ2n) is 7.50. The van der Waals surface area contributed by atoms with Crippen molar-refractivity contribution in [2.75, 3.05) is 6.61 Å². The number of aryl methyl sites for hydroxylation is 2. The maximum atomic E-state index is 12.1. The van der Waals surface area contributed by atoms with Crippen LogP contribution in [-0.2, 0) is 20.2 Å². The van der Waals surface area contributed by atoms with Gasteiger partial charge >= 0.3 is 0 Å². The molecule has 176 valence electrons. The molecule has 0 aromatic heterocycles. The molecule has 0 fully saturated rings. The van der Waals surface area contributed by atoms with Gasteiger partial charge in [0.05, 0.1) is 5.56 Å². The maximum Gasteiger partial charge on any atom is 0.295 e. The SMILES string of the molecule is C#CCOc1cc(-c2cc(C)ccc2S(=O)(=O)O)cc(-c2cc(C)ccc2S(=O)(=O)O)c1C=O. The first-order valence-electron chi connectivity index (χ1n) is 9.73. The highest BCUT2D eigenvalue weighted by molar-refractivity contribution is 7.86. The minimum absolute atomic E-state index is 0.00179. The highest BCUT2D eigenvalue weighted by Gasteiger charge is 2.24. The molecule has 3 aromatic rings. The third-order valence-corrected chi connectivity index (χ3v) is 6.82. The van der Waals surface area contributed by atoms with Crippen LogP contribution in [0.1, 0.15) is 21.5 Å². The van der Waals surface area contributed by atoms with E-state index in [0.717, 1.165) is 0 Å². The molecular weight excluding hydrogens is 480 g/mol. The van der Waals surface area contributed by atoms with Gasteiger partial charge in [-0.25, -0.2) is 0 Å². The molecule has 0 aliphatic rings. The molecule has 10 heteroatoms. The minimum Gasteiger partial charge on any atom is -0.480 e. The fourth-order valence-electron chi connectivity index (χ4n) is 3.54. The predicted octanol–water partition coefficient (Wildman–Crippen LogP) is 3.96. The highest BCUT2D eigenvalue weighted by Crippen LogP contribution is 2.40. The monoisotopic (exact) mass is 500 g/mol. The number of hydrogen-bond acceptors (Lipinski definition) is 6. The Morgan fingerprint density at radius 1 is 0.853 bits per heavy atom. The summed E-state index contributed by atoms with van der Waals surface area (Å²) in [6, 6.07) is 11.1. The topological polar surface area (TPSA) is 135 Å². The third kappa shape index (κ3) is 5.18. The van der Waals surface area contributed by atoms with E-state index in [-0.39, 0.29) is 40.2 Å². The summed E-state index contributed by atoms with van der Waals surface area (Å²) < 4.78 is 73.3. The van der Waals surface area contributed by atoms with Crippen LogP contribution < -0.4 is 4.74 Å². The van der Waals surface area contributed by atoms with E-state index in [1.54, 1.807) is 13.8 Å². The normalized spacial score (nSPS) is 11.6. The minimum atomic E-state index is -4.69. The van der Waals surface area contributed by atoms with E-state index >= 15 is 0 Å². The molecule has 0 saturated heterocycles. The van der Waals surface area contributed by atoms with Gasteiger partial charge in [-0.2, -0.15) is 16.8 Å². The van der Waals surface area contributed by atoms with Crippen molar-refractivity contribution in [3.8, 4) is 40.3 Å². The van der Waals surface area contributed by atoms with E-state index in [2.05, 4.69) is 5.92 Å². The van der Waals surface area contributed by atoms with Crippen molar-refractivity contribution in [1.82, 2.24) is 0 Å². The Morgan fingerprint density at radius 3 is 1.88 bits per heavy atom. The number of hydrogen-bond donors (Lipinski definition) is 2. The lowest BCUT2D eigenvalue weighted by Crippen LogP contribution is -2.06. The van der Waals surface area contributed by atoms with Crippen molar-refractivity contribution in [3.05, 3.63) is 65.2 Å². The fraction of sp³-hybridized carbons (Fsp3) is 0.125. The second-order valence-corrected chi connectivity index (χ2v) is 10.3. The van der Waals surface area contributed by atoms with E-state index < -0.39 is 30.0 Å². The summed E-state index contributed by atoms with van der Waals surface area (Å²) in [6.07, 6.45) is 5.73. The molecule has 0 atom stereocenters. The van der Waals surface area contributed by atoms with Crippen molar-refractivity contribution >= 4 is 26.5 Å². The number of benzene rings is 3. The van der Waals surface area contributed by atoms with Gasteiger partial charge in [-0.1, -0.05) is 41.3 Å². The zero-order chi connectivity index (χ0) is 25.3. The molecule has 0 radical (unpaired) electrons. The number of carbonyl (C=O) groups excluding carboxylic acids is 1. The molecule has 3 rings (SSSR count). The van der Waals surface area contributed by atoms with Gasteiger partial charge < -0.3 is 4.74 Å². The highest BCUT2D eigenvalue weighted by atomic mass is 32.2. The molecular formula is C24H20O8S2. The van der Waals surface area contributed by atoms with Gasteiger partial charge in [0.2, 0.25) is 0 Å². The van der Waals surface area contributed by atoms with Gasteiger partial charge in [0.1, 0.15) is 22.1 Å². The lowest BCUT2D eigenvalue weighted by atomic mass is 9.93. The quantitative estimate of drug-likeness (QED) is 0.283. The molecule has 0 bridgehead atoms. The van der Waals surface area contributed by atoms with Crippen molar-refractivity contribution < 1.29 is 35.5 Å². The Balaban J connectivity index is 2.50. The van der Waals surface area contributed by atoms with Crippen LogP contribution in [0.25, 0.3) is 22.3 Å². The second kappa shape index (κ2) is 9.40. The zero-order valence-electron chi connectivity index (χ0n) is 18.1. The van der Waals surface area contributed by atoms with E-state index in [9.17, 15) is 30.7 Å². The smallest absolute Gasteiger partial charge is 0.295 e. The lowest BCUT2D eigenvalue weighted by Gasteiger charge is -2.17. The van der Waals surface area contributed by atoms with Crippen LogP contribution in [0.4, 0.5) is 0 Å². The van der Waals surface area contributed by atoms with Crippen LogP contribution >= 0.6 is 0 Å². The summed E-state index contributed by atoms with van der Waals surface area (Å²) >= 11 is 0. The van der Waals surface area contributed by atoms with Crippen LogP contribution in [0.3, 0.4) is 0 Å². The van der Waals surface area contributed by atoms with Crippen LogP contribution in [0.2, 0.25) is 0 Å². The largest absolute Gasteiger partial charge is 0.480 e. The van der Waals surface area contributed by atoms with Crippen molar-refractivity contribution in [2.45, 2.75) is 23.6 Å². The third-order valence-electron chi connectivity index (χ3n) is 5.00. The summed E-state index contributed by atoms with van der Waals surface area (Å²) in [5.41, 5.74) is 1.58. The Labute approximate surface area is 197 Å². The number of carbonyl (C=O) groups is 1. The van der Waals surface area contributed by atoms with Gasteiger partial charge in [0.15, 0.2) is 6.29 Å². The fourth-order valence-corrected chi connectivity index (χ4v) is 4.92. The summed E-state index contributed by atoms with van der Waals surface area (Å²) in [6.45, 7) is 3.17. The summed E-state index contributed by atoms with van der Waals surface area (Å²) in [7, 11) is -9.33. The zero-order valence-corrected chi connectivity index (χ0v) is 19.8. The number of rotatable bonds is 7. The van der Waals surface area contributed by atoms with Gasteiger partial charge in [-0.3, -0.25) is 13.9 Å². The van der Waals surface area contributed by atoms with Gasteiger partial charge in [0.25, 0.3) is 20.2 Å². The Hall–Kier alpha value is -3.49. The first kappa shape index (κ1) is 25.1. The van der Waals surface area contributed by atoms with E-state index in [1.807, 2.05) is 0 Å². The molecule has 0 spiro atoms. The van der Waals surface area contributed by atoms with Crippen molar-refractivity contribution in [2.24, 2.45) is 0 Å². The van der Waals surface area contributed by atoms with Gasteiger partial charge in [0, 0.05) is 11.1 Å². The molecule has 0 unspecified atom stereocenters.